The summed E-state index contributed by atoms with van der Waals surface area (Å²) in [6, 6.07) is 33.9. The van der Waals surface area contributed by atoms with Crippen molar-refractivity contribution < 1.29 is 19.5 Å². The van der Waals surface area contributed by atoms with Crippen LogP contribution >= 0.6 is 0 Å². The topological polar surface area (TPSA) is 103 Å². The van der Waals surface area contributed by atoms with Crippen LogP contribution in [0.4, 0.5) is 0 Å². The van der Waals surface area contributed by atoms with Gasteiger partial charge in [-0.3, -0.25) is 14.5 Å². The number of para-hydroxylation sites is 1. The number of nitrogens with zero attached hydrogens (tertiary/aromatic N) is 3. The molecule has 238 valence electrons. The summed E-state index contributed by atoms with van der Waals surface area (Å²) in [5.74, 6) is -1.41. The van der Waals surface area contributed by atoms with Gasteiger partial charge in [-0.1, -0.05) is 105 Å². The highest BCUT2D eigenvalue weighted by molar-refractivity contribution is 6.09. The lowest BCUT2D eigenvalue weighted by Crippen LogP contribution is -2.48. The molecule has 2 heterocycles. The van der Waals surface area contributed by atoms with E-state index in [1.165, 1.54) is 6.07 Å². The number of carbonyl (C=O) groups excluding carboxylic acids is 2. The van der Waals surface area contributed by atoms with Crippen molar-refractivity contribution in [2.75, 3.05) is 26.2 Å². The SMILES string of the molecule is CC(C)[C@H](NC(=O)c1c(CN2CCN(C(=O)c3ccccc3C(=O)O)CC2)c(-c2ccccc2)nc2ccccc12)c1ccccc1. The molecule has 0 radical (unpaired) electrons. The fourth-order valence-corrected chi connectivity index (χ4v) is 6.37. The van der Waals surface area contributed by atoms with E-state index in [2.05, 4.69) is 24.1 Å². The van der Waals surface area contributed by atoms with E-state index >= 15 is 0 Å². The van der Waals surface area contributed by atoms with Gasteiger partial charge in [-0.2, -0.15) is 0 Å². The van der Waals surface area contributed by atoms with Gasteiger partial charge in [-0.05, 0) is 29.7 Å². The lowest BCUT2D eigenvalue weighted by atomic mass is 9.93. The third kappa shape index (κ3) is 6.78. The van der Waals surface area contributed by atoms with Crippen molar-refractivity contribution in [2.45, 2.75) is 26.4 Å². The third-order valence-electron chi connectivity index (χ3n) is 8.81. The number of amides is 2. The maximum absolute atomic E-state index is 14.5. The van der Waals surface area contributed by atoms with E-state index in [0.717, 1.165) is 33.3 Å². The zero-order valence-electron chi connectivity index (χ0n) is 26.6. The smallest absolute Gasteiger partial charge is 0.336 e. The van der Waals surface area contributed by atoms with Crippen molar-refractivity contribution in [3.8, 4) is 11.3 Å². The minimum absolute atomic E-state index is 0.000490. The molecule has 0 bridgehead atoms. The van der Waals surface area contributed by atoms with Crippen LogP contribution in [-0.2, 0) is 6.54 Å². The van der Waals surface area contributed by atoms with Crippen LogP contribution in [0.5, 0.6) is 0 Å². The Morgan fingerprint density at radius 2 is 1.36 bits per heavy atom. The Bertz CT molecular complexity index is 1900. The van der Waals surface area contributed by atoms with Crippen LogP contribution in [0.15, 0.2) is 109 Å². The number of carboxylic acid groups (broad SMARTS) is 1. The summed E-state index contributed by atoms with van der Waals surface area (Å²) in [6.07, 6.45) is 0. The number of fused-ring (bicyclic) bond motifs is 1. The van der Waals surface area contributed by atoms with Gasteiger partial charge >= 0.3 is 5.97 Å². The van der Waals surface area contributed by atoms with Gasteiger partial charge in [-0.15, -0.1) is 0 Å². The molecule has 2 amide bonds. The van der Waals surface area contributed by atoms with Gasteiger partial charge in [0.25, 0.3) is 11.8 Å². The highest BCUT2D eigenvalue weighted by Gasteiger charge is 2.29. The molecule has 5 aromatic rings. The van der Waals surface area contributed by atoms with E-state index in [-0.39, 0.29) is 34.9 Å². The molecule has 1 atom stereocenters. The number of aromatic nitrogens is 1. The number of benzene rings is 4. The Kier molecular flexibility index (Phi) is 9.40. The second-order valence-corrected chi connectivity index (χ2v) is 12.2. The van der Waals surface area contributed by atoms with Crippen LogP contribution in [0.3, 0.4) is 0 Å². The summed E-state index contributed by atoms with van der Waals surface area (Å²) in [7, 11) is 0. The number of rotatable bonds is 9. The van der Waals surface area contributed by atoms with Gasteiger partial charge in [0.1, 0.15) is 0 Å². The summed E-state index contributed by atoms with van der Waals surface area (Å²) < 4.78 is 0. The summed E-state index contributed by atoms with van der Waals surface area (Å²) in [4.78, 5) is 48.7. The average Bonchev–Trinajstić information content (AvgIpc) is 3.10. The zero-order valence-corrected chi connectivity index (χ0v) is 26.6. The Hall–Kier alpha value is -5.34. The largest absolute Gasteiger partial charge is 0.478 e. The monoisotopic (exact) mass is 626 g/mol. The first kappa shape index (κ1) is 31.6. The molecular weight excluding hydrogens is 588 g/mol. The number of carboxylic acids is 1. The van der Waals surface area contributed by atoms with Crippen LogP contribution in [-0.4, -0.2) is 63.9 Å². The van der Waals surface area contributed by atoms with Crippen LogP contribution < -0.4 is 5.32 Å². The molecule has 0 aliphatic carbocycles. The molecule has 1 saturated heterocycles. The van der Waals surface area contributed by atoms with Gasteiger partial charge in [-0.25, -0.2) is 9.78 Å². The van der Waals surface area contributed by atoms with Crippen molar-refractivity contribution in [3.63, 3.8) is 0 Å². The van der Waals surface area contributed by atoms with E-state index in [1.807, 2.05) is 84.9 Å². The van der Waals surface area contributed by atoms with Gasteiger partial charge < -0.3 is 15.3 Å². The molecule has 8 nitrogen and oxygen atoms in total. The molecule has 1 fully saturated rings. The second kappa shape index (κ2) is 14.0. The molecule has 1 aliphatic heterocycles. The van der Waals surface area contributed by atoms with Crippen molar-refractivity contribution in [1.29, 1.82) is 0 Å². The number of pyridine rings is 1. The maximum atomic E-state index is 14.5. The van der Waals surface area contributed by atoms with Crippen molar-refractivity contribution >= 4 is 28.7 Å². The highest BCUT2D eigenvalue weighted by atomic mass is 16.4. The summed E-state index contributed by atoms with van der Waals surface area (Å²) in [5, 5.41) is 13.8. The lowest BCUT2D eigenvalue weighted by Gasteiger charge is -2.35. The standard InChI is InChI=1S/C39H38N4O4/c1-26(2)35(27-13-5-3-6-14-27)41-37(44)34-31-19-11-12-20-33(31)40-36(28-15-7-4-8-16-28)32(34)25-42-21-23-43(24-22-42)38(45)29-17-9-10-18-30(29)39(46)47/h3-20,26,35H,21-25H2,1-2H3,(H,41,44)(H,46,47)/t35-/m0/s1. The van der Waals surface area contributed by atoms with E-state index in [9.17, 15) is 19.5 Å². The van der Waals surface area contributed by atoms with Crippen molar-refractivity contribution in [2.24, 2.45) is 5.92 Å². The first-order chi connectivity index (χ1) is 22.8. The number of hydrogen-bond acceptors (Lipinski definition) is 5. The predicted molar refractivity (Wildman–Crippen MR) is 183 cm³/mol. The zero-order chi connectivity index (χ0) is 32.9. The fraction of sp³-hybridized carbons (Fsp3) is 0.231. The Labute approximate surface area is 274 Å². The number of carbonyl (C=O) groups is 3. The van der Waals surface area contributed by atoms with Gasteiger partial charge in [0.05, 0.1) is 33.9 Å². The van der Waals surface area contributed by atoms with E-state index in [4.69, 9.17) is 4.98 Å². The highest BCUT2D eigenvalue weighted by Crippen LogP contribution is 2.33. The number of aromatic carboxylic acids is 1. The van der Waals surface area contributed by atoms with Crippen LogP contribution in [0.2, 0.25) is 0 Å². The summed E-state index contributed by atoms with van der Waals surface area (Å²) >= 11 is 0. The predicted octanol–water partition coefficient (Wildman–Crippen LogP) is 6.69. The van der Waals surface area contributed by atoms with Crippen LogP contribution in [0.25, 0.3) is 22.2 Å². The first-order valence-corrected chi connectivity index (χ1v) is 16.0. The minimum atomic E-state index is -1.12. The molecule has 8 heteroatoms. The molecule has 1 aliphatic rings. The van der Waals surface area contributed by atoms with Crippen molar-refractivity contribution in [3.05, 3.63) is 137 Å². The Morgan fingerprint density at radius 1 is 0.766 bits per heavy atom. The van der Waals surface area contributed by atoms with Crippen LogP contribution in [0.1, 0.15) is 62.1 Å². The van der Waals surface area contributed by atoms with Crippen LogP contribution in [0, 0.1) is 5.92 Å². The Balaban J connectivity index is 1.35. The van der Waals surface area contributed by atoms with E-state index in [1.54, 1.807) is 23.1 Å². The Morgan fingerprint density at radius 3 is 2.02 bits per heavy atom. The lowest BCUT2D eigenvalue weighted by molar-refractivity contribution is 0.0608. The number of hydrogen-bond donors (Lipinski definition) is 2. The fourth-order valence-electron chi connectivity index (χ4n) is 6.37. The summed E-state index contributed by atoms with van der Waals surface area (Å²) in [6.45, 7) is 6.64. The van der Waals surface area contributed by atoms with E-state index < -0.39 is 5.97 Å². The average molecular weight is 627 g/mol. The molecule has 0 saturated carbocycles. The van der Waals surface area contributed by atoms with Gasteiger partial charge in [0.15, 0.2) is 0 Å². The molecule has 4 aromatic carbocycles. The molecule has 0 spiro atoms. The molecule has 47 heavy (non-hydrogen) atoms. The molecule has 1 aromatic heterocycles. The van der Waals surface area contributed by atoms with Crippen molar-refractivity contribution in [1.82, 2.24) is 20.1 Å². The molecule has 2 N–H and O–H groups in total. The summed E-state index contributed by atoms with van der Waals surface area (Å²) in [5.41, 5.74) is 5.09. The molecule has 0 unspecified atom stereocenters. The first-order valence-electron chi connectivity index (χ1n) is 16.0. The third-order valence-corrected chi connectivity index (χ3v) is 8.81. The quantitative estimate of drug-likeness (QED) is 0.189. The van der Waals surface area contributed by atoms with Gasteiger partial charge in [0.2, 0.25) is 0 Å². The minimum Gasteiger partial charge on any atom is -0.478 e. The number of nitrogens with one attached hydrogen (secondary N) is 1. The number of piperazine rings is 1. The van der Waals surface area contributed by atoms with E-state index in [0.29, 0.717) is 38.3 Å². The van der Waals surface area contributed by atoms with Gasteiger partial charge in [0, 0.05) is 49.2 Å². The molecular formula is C39H38N4O4. The molecule has 6 rings (SSSR count). The second-order valence-electron chi connectivity index (χ2n) is 12.2. The maximum Gasteiger partial charge on any atom is 0.336 e. The normalized spacial score (nSPS) is 14.2.